The molecule has 0 atom stereocenters. The second kappa shape index (κ2) is 10.2. The molecule has 0 aromatic heterocycles. The van der Waals surface area contributed by atoms with Crippen molar-refractivity contribution in [1.82, 2.24) is 0 Å². The van der Waals surface area contributed by atoms with Crippen LogP contribution in [0.2, 0.25) is 0 Å². The molecule has 4 rings (SSSR count). The van der Waals surface area contributed by atoms with Crippen molar-refractivity contribution >= 4 is 27.1 Å². The molecule has 182 valence electrons. The number of rotatable bonds is 8. The van der Waals surface area contributed by atoms with Gasteiger partial charge in [-0.3, -0.25) is 14.9 Å². The van der Waals surface area contributed by atoms with E-state index in [4.69, 9.17) is 10.5 Å². The third-order valence-electron chi connectivity index (χ3n) is 6.04. The largest absolute Gasteiger partial charge is 0.381 e. The molecule has 0 spiro atoms. The Bertz CT molecular complexity index is 1350. The lowest BCUT2D eigenvalue weighted by Crippen LogP contribution is -2.22. The molecule has 1 heterocycles. The number of hydrogen-bond acceptors (Lipinski definition) is 7. The van der Waals surface area contributed by atoms with Crippen LogP contribution in [-0.4, -0.2) is 39.0 Å². The van der Waals surface area contributed by atoms with Gasteiger partial charge >= 0.3 is 0 Å². The van der Waals surface area contributed by atoms with Crippen molar-refractivity contribution in [3.8, 4) is 11.1 Å². The summed E-state index contributed by atoms with van der Waals surface area (Å²) in [7, 11) is -4.24. The monoisotopic (exact) mass is 495 g/mol. The fraction of sp³-hybridized carbons (Fsp3) is 0.240. The topological polar surface area (TPSA) is 142 Å². The minimum Gasteiger partial charge on any atom is -0.381 e. The minimum absolute atomic E-state index is 0.0208. The molecule has 0 radical (unpaired) electrons. The van der Waals surface area contributed by atoms with Crippen LogP contribution in [-0.2, 0) is 14.6 Å². The fourth-order valence-electron chi connectivity index (χ4n) is 4.07. The summed E-state index contributed by atoms with van der Waals surface area (Å²) < 4.78 is 32.7. The van der Waals surface area contributed by atoms with Gasteiger partial charge in [0.05, 0.1) is 14.7 Å². The van der Waals surface area contributed by atoms with Gasteiger partial charge in [-0.05, 0) is 48.6 Å². The zero-order valence-corrected chi connectivity index (χ0v) is 19.7. The number of carbonyl (C=O) groups is 1. The highest BCUT2D eigenvalue weighted by Crippen LogP contribution is 2.35. The minimum atomic E-state index is -4.24. The summed E-state index contributed by atoms with van der Waals surface area (Å²) >= 11 is 0. The molecule has 0 bridgehead atoms. The van der Waals surface area contributed by atoms with Crippen LogP contribution in [0.1, 0.15) is 23.2 Å². The lowest BCUT2D eigenvalue weighted by atomic mass is 10.0. The molecule has 3 N–H and O–H groups in total. The van der Waals surface area contributed by atoms with E-state index in [0.29, 0.717) is 36.8 Å². The second-order valence-electron chi connectivity index (χ2n) is 8.32. The molecule has 1 amide bonds. The van der Waals surface area contributed by atoms with E-state index < -0.39 is 20.7 Å². The summed E-state index contributed by atoms with van der Waals surface area (Å²) in [6.45, 7) is 1.83. The first-order chi connectivity index (χ1) is 16.8. The Balaban J connectivity index is 1.75. The number of nitro groups is 1. The van der Waals surface area contributed by atoms with Crippen molar-refractivity contribution in [2.24, 2.45) is 11.7 Å². The Kier molecular flexibility index (Phi) is 7.13. The SMILES string of the molecule is NC(=O)c1ccc(-c2ccccc2)c(S(=O)(=O)c2ccc(NCC3CCOCC3)c([N+](=O)[O-])c2)c1. The molecule has 1 aliphatic rings. The maximum absolute atomic E-state index is 13.7. The molecule has 35 heavy (non-hydrogen) atoms. The van der Waals surface area contributed by atoms with Gasteiger partial charge in [-0.25, -0.2) is 8.42 Å². The number of anilines is 1. The number of carbonyl (C=O) groups excluding carboxylic acids is 1. The van der Waals surface area contributed by atoms with Crippen LogP contribution in [0.15, 0.2) is 76.5 Å². The number of amides is 1. The molecule has 0 unspecified atom stereocenters. The predicted molar refractivity (Wildman–Crippen MR) is 131 cm³/mol. The van der Waals surface area contributed by atoms with Crippen LogP contribution in [0.3, 0.4) is 0 Å². The summed E-state index contributed by atoms with van der Waals surface area (Å²) in [6.07, 6.45) is 1.71. The number of nitrogens with one attached hydrogen (secondary N) is 1. The van der Waals surface area contributed by atoms with Gasteiger partial charge in [-0.1, -0.05) is 36.4 Å². The first-order valence-corrected chi connectivity index (χ1v) is 12.6. The molecule has 3 aromatic carbocycles. The molecule has 0 saturated carbocycles. The van der Waals surface area contributed by atoms with Crippen LogP contribution in [0.5, 0.6) is 0 Å². The lowest BCUT2D eigenvalue weighted by molar-refractivity contribution is -0.384. The normalized spacial score (nSPS) is 14.4. The highest BCUT2D eigenvalue weighted by Gasteiger charge is 2.27. The van der Waals surface area contributed by atoms with Gasteiger partial charge < -0.3 is 15.8 Å². The zero-order chi connectivity index (χ0) is 25.0. The summed E-state index contributed by atoms with van der Waals surface area (Å²) in [4.78, 5) is 22.6. The molecule has 1 fully saturated rings. The standard InChI is InChI=1S/C25H25N3O6S/c26-25(29)19-6-8-21(18-4-2-1-3-5-18)24(14-19)35(32,33)20-7-9-22(23(15-20)28(30)31)27-16-17-10-12-34-13-11-17/h1-9,14-15,17,27H,10-13,16H2,(H2,26,29). The summed E-state index contributed by atoms with van der Waals surface area (Å²) in [5, 5.41) is 14.9. The Morgan fingerprint density at radius 2 is 1.77 bits per heavy atom. The van der Waals surface area contributed by atoms with Gasteiger partial charge in [0.1, 0.15) is 5.69 Å². The van der Waals surface area contributed by atoms with Crippen LogP contribution in [0, 0.1) is 16.0 Å². The first kappa shape index (κ1) is 24.4. The molecule has 9 nitrogen and oxygen atoms in total. The van der Waals surface area contributed by atoms with Crippen LogP contribution in [0.4, 0.5) is 11.4 Å². The van der Waals surface area contributed by atoms with E-state index in [9.17, 15) is 23.3 Å². The summed E-state index contributed by atoms with van der Waals surface area (Å²) in [6, 6.07) is 16.8. The van der Waals surface area contributed by atoms with Crippen molar-refractivity contribution in [2.75, 3.05) is 25.1 Å². The number of ether oxygens (including phenoxy) is 1. The van der Waals surface area contributed by atoms with E-state index in [0.717, 1.165) is 18.9 Å². The molecule has 10 heteroatoms. The van der Waals surface area contributed by atoms with Crippen molar-refractivity contribution < 1.29 is 22.9 Å². The molecule has 3 aromatic rings. The number of nitrogens with two attached hydrogens (primary N) is 1. The number of hydrogen-bond donors (Lipinski definition) is 2. The smallest absolute Gasteiger partial charge is 0.293 e. The van der Waals surface area contributed by atoms with Crippen molar-refractivity contribution in [2.45, 2.75) is 22.6 Å². The fourth-order valence-corrected chi connectivity index (χ4v) is 5.59. The van der Waals surface area contributed by atoms with Gasteiger partial charge in [0.15, 0.2) is 0 Å². The summed E-state index contributed by atoms with van der Waals surface area (Å²) in [5.41, 5.74) is 6.29. The average molecular weight is 496 g/mol. The van der Waals surface area contributed by atoms with E-state index >= 15 is 0 Å². The molecule has 1 saturated heterocycles. The highest BCUT2D eigenvalue weighted by molar-refractivity contribution is 7.91. The molecule has 1 aliphatic heterocycles. The van der Waals surface area contributed by atoms with Crippen molar-refractivity contribution in [3.05, 3.63) is 82.4 Å². The highest BCUT2D eigenvalue weighted by atomic mass is 32.2. The van der Waals surface area contributed by atoms with Gasteiger partial charge in [0.2, 0.25) is 15.7 Å². The van der Waals surface area contributed by atoms with E-state index in [1.54, 1.807) is 30.3 Å². The van der Waals surface area contributed by atoms with Crippen molar-refractivity contribution in [3.63, 3.8) is 0 Å². The quantitative estimate of drug-likeness (QED) is 0.355. The van der Waals surface area contributed by atoms with E-state index in [1.807, 2.05) is 0 Å². The molecule has 0 aliphatic carbocycles. The number of sulfone groups is 1. The average Bonchev–Trinajstić information content (AvgIpc) is 2.88. The Morgan fingerprint density at radius 1 is 1.06 bits per heavy atom. The van der Waals surface area contributed by atoms with Crippen molar-refractivity contribution in [1.29, 1.82) is 0 Å². The summed E-state index contributed by atoms with van der Waals surface area (Å²) in [5.74, 6) is -0.462. The van der Waals surface area contributed by atoms with Crippen LogP contribution < -0.4 is 11.1 Å². The third kappa shape index (κ3) is 5.33. The molecular weight excluding hydrogens is 470 g/mol. The number of primary amides is 1. The zero-order valence-electron chi connectivity index (χ0n) is 18.8. The lowest BCUT2D eigenvalue weighted by Gasteiger charge is -2.22. The molecular formula is C25H25N3O6S. The van der Waals surface area contributed by atoms with Gasteiger partial charge in [0, 0.05) is 37.0 Å². The van der Waals surface area contributed by atoms with Gasteiger partial charge in [-0.15, -0.1) is 0 Å². The second-order valence-corrected chi connectivity index (χ2v) is 10.2. The number of nitro benzene ring substituents is 1. The third-order valence-corrected chi connectivity index (χ3v) is 7.83. The van der Waals surface area contributed by atoms with Crippen LogP contribution >= 0.6 is 0 Å². The Hall–Kier alpha value is -3.76. The Morgan fingerprint density at radius 3 is 2.43 bits per heavy atom. The van der Waals surface area contributed by atoms with Gasteiger partial charge in [0.25, 0.3) is 5.69 Å². The predicted octanol–water partition coefficient (Wildman–Crippen LogP) is 4.03. The number of benzene rings is 3. The van der Waals surface area contributed by atoms with Gasteiger partial charge in [-0.2, -0.15) is 0 Å². The maximum Gasteiger partial charge on any atom is 0.293 e. The van der Waals surface area contributed by atoms with E-state index in [-0.39, 0.29) is 26.7 Å². The first-order valence-electron chi connectivity index (χ1n) is 11.1. The number of nitrogens with zero attached hydrogens (tertiary/aromatic N) is 1. The Labute approximate surface area is 203 Å². The maximum atomic E-state index is 13.7. The van der Waals surface area contributed by atoms with E-state index in [2.05, 4.69) is 5.32 Å². The van der Waals surface area contributed by atoms with E-state index in [1.165, 1.54) is 30.3 Å². The van der Waals surface area contributed by atoms with Crippen LogP contribution in [0.25, 0.3) is 11.1 Å².